The zero-order chi connectivity index (χ0) is 12.3. The van der Waals surface area contributed by atoms with Gasteiger partial charge in [0.1, 0.15) is 24.1 Å². The molecule has 1 atom stereocenters. The van der Waals surface area contributed by atoms with E-state index in [-0.39, 0.29) is 5.97 Å². The van der Waals surface area contributed by atoms with Crippen molar-refractivity contribution >= 4 is 5.97 Å². The van der Waals surface area contributed by atoms with Gasteiger partial charge in [0, 0.05) is 18.2 Å². The summed E-state index contributed by atoms with van der Waals surface area (Å²) in [5.41, 5.74) is 0.773. The summed E-state index contributed by atoms with van der Waals surface area (Å²) in [4.78, 5) is 11.7. The third-order valence-corrected chi connectivity index (χ3v) is 2.68. The van der Waals surface area contributed by atoms with Gasteiger partial charge < -0.3 is 14.2 Å². The van der Waals surface area contributed by atoms with E-state index >= 15 is 0 Å². The van der Waals surface area contributed by atoms with Gasteiger partial charge in [0.05, 0.1) is 14.2 Å². The standard InChI is InChI=1S/C12H15NO4/c1-15-8-3-4-9-10(7-8)17-6-5-13-11(9)12(14)16-2/h3-4,7,11,13H,5-6H2,1-2H3. The second-order valence-corrected chi connectivity index (χ2v) is 3.66. The van der Waals surface area contributed by atoms with Crippen molar-refractivity contribution in [1.29, 1.82) is 0 Å². The number of hydrogen-bond donors (Lipinski definition) is 1. The predicted octanol–water partition coefficient (Wildman–Crippen LogP) is 0.891. The topological polar surface area (TPSA) is 56.8 Å². The van der Waals surface area contributed by atoms with Crippen molar-refractivity contribution in [2.45, 2.75) is 6.04 Å². The Balaban J connectivity index is 2.38. The number of carbonyl (C=O) groups excluding carboxylic acids is 1. The number of carbonyl (C=O) groups is 1. The zero-order valence-electron chi connectivity index (χ0n) is 9.86. The Hall–Kier alpha value is -1.75. The molecule has 0 amide bonds. The number of methoxy groups -OCH3 is 2. The smallest absolute Gasteiger partial charge is 0.327 e. The van der Waals surface area contributed by atoms with E-state index in [1.54, 1.807) is 19.2 Å². The Labute approximate surface area is 99.7 Å². The molecule has 0 bridgehead atoms. The Morgan fingerprint density at radius 2 is 2.29 bits per heavy atom. The Bertz CT molecular complexity index is 419. The number of benzene rings is 1. The first-order valence-electron chi connectivity index (χ1n) is 5.38. The molecule has 1 aliphatic rings. The summed E-state index contributed by atoms with van der Waals surface area (Å²) >= 11 is 0. The molecule has 0 saturated carbocycles. The molecule has 0 radical (unpaired) electrons. The minimum Gasteiger partial charge on any atom is -0.497 e. The van der Waals surface area contributed by atoms with Crippen molar-refractivity contribution in [3.05, 3.63) is 23.8 Å². The fourth-order valence-electron chi connectivity index (χ4n) is 1.81. The predicted molar refractivity (Wildman–Crippen MR) is 61.2 cm³/mol. The van der Waals surface area contributed by atoms with Gasteiger partial charge in [-0.05, 0) is 12.1 Å². The van der Waals surface area contributed by atoms with E-state index < -0.39 is 6.04 Å². The molecule has 1 aromatic carbocycles. The summed E-state index contributed by atoms with van der Waals surface area (Å²) in [5.74, 6) is 1.04. The maximum atomic E-state index is 11.7. The molecule has 1 N–H and O–H groups in total. The molecule has 1 aromatic rings. The number of esters is 1. The lowest BCUT2D eigenvalue weighted by molar-refractivity contribution is -0.143. The molecular formula is C12H15NO4. The van der Waals surface area contributed by atoms with Crippen LogP contribution in [0.4, 0.5) is 0 Å². The third kappa shape index (κ3) is 2.34. The second-order valence-electron chi connectivity index (χ2n) is 3.66. The number of fused-ring (bicyclic) bond motifs is 1. The molecule has 0 aromatic heterocycles. The van der Waals surface area contributed by atoms with Crippen molar-refractivity contribution in [2.24, 2.45) is 0 Å². The molecule has 1 unspecified atom stereocenters. The van der Waals surface area contributed by atoms with E-state index in [9.17, 15) is 4.79 Å². The third-order valence-electron chi connectivity index (χ3n) is 2.68. The van der Waals surface area contributed by atoms with E-state index in [1.165, 1.54) is 7.11 Å². The average molecular weight is 237 g/mol. The Morgan fingerprint density at radius 1 is 1.47 bits per heavy atom. The van der Waals surface area contributed by atoms with E-state index in [0.29, 0.717) is 24.7 Å². The molecule has 2 rings (SSSR count). The summed E-state index contributed by atoms with van der Waals surface area (Å²) in [5, 5.41) is 3.09. The summed E-state index contributed by atoms with van der Waals surface area (Å²) in [6.07, 6.45) is 0. The number of ether oxygens (including phenoxy) is 3. The quantitative estimate of drug-likeness (QED) is 0.774. The first kappa shape index (κ1) is 11.7. The lowest BCUT2D eigenvalue weighted by atomic mass is 10.1. The molecular weight excluding hydrogens is 222 g/mol. The van der Waals surface area contributed by atoms with E-state index in [4.69, 9.17) is 14.2 Å². The number of nitrogens with one attached hydrogen (secondary N) is 1. The summed E-state index contributed by atoms with van der Waals surface area (Å²) in [7, 11) is 2.97. The van der Waals surface area contributed by atoms with Crippen LogP contribution in [0, 0.1) is 0 Å². The van der Waals surface area contributed by atoms with Crippen LogP contribution < -0.4 is 14.8 Å². The minimum atomic E-state index is -0.483. The van der Waals surface area contributed by atoms with Crippen LogP contribution in [0.3, 0.4) is 0 Å². The van der Waals surface area contributed by atoms with Gasteiger partial charge >= 0.3 is 5.97 Å². The van der Waals surface area contributed by atoms with Gasteiger partial charge in [-0.3, -0.25) is 5.32 Å². The first-order valence-corrected chi connectivity index (χ1v) is 5.38. The Morgan fingerprint density at radius 3 is 3.00 bits per heavy atom. The average Bonchev–Trinajstić information content (AvgIpc) is 2.59. The lowest BCUT2D eigenvalue weighted by Gasteiger charge is -2.15. The van der Waals surface area contributed by atoms with Gasteiger partial charge in [0.15, 0.2) is 0 Å². The van der Waals surface area contributed by atoms with Crippen LogP contribution in [-0.2, 0) is 9.53 Å². The summed E-state index contributed by atoms with van der Waals surface area (Å²) < 4.78 is 15.5. The highest BCUT2D eigenvalue weighted by molar-refractivity contribution is 5.78. The maximum absolute atomic E-state index is 11.7. The van der Waals surface area contributed by atoms with E-state index in [1.807, 2.05) is 6.07 Å². The van der Waals surface area contributed by atoms with Gasteiger partial charge in [0.25, 0.3) is 0 Å². The maximum Gasteiger partial charge on any atom is 0.327 e. The molecule has 0 spiro atoms. The van der Waals surface area contributed by atoms with Crippen LogP contribution in [0.5, 0.6) is 11.5 Å². The molecule has 0 fully saturated rings. The fourth-order valence-corrected chi connectivity index (χ4v) is 1.81. The number of rotatable bonds is 2. The van der Waals surface area contributed by atoms with E-state index in [0.717, 1.165) is 5.56 Å². The van der Waals surface area contributed by atoms with Crippen molar-refractivity contribution < 1.29 is 19.0 Å². The van der Waals surface area contributed by atoms with Gasteiger partial charge in [0.2, 0.25) is 0 Å². The lowest BCUT2D eigenvalue weighted by Crippen LogP contribution is -2.30. The monoisotopic (exact) mass is 237 g/mol. The van der Waals surface area contributed by atoms with Crippen molar-refractivity contribution in [3.8, 4) is 11.5 Å². The highest BCUT2D eigenvalue weighted by atomic mass is 16.5. The number of hydrogen-bond acceptors (Lipinski definition) is 5. The fraction of sp³-hybridized carbons (Fsp3) is 0.417. The van der Waals surface area contributed by atoms with Gasteiger partial charge in [-0.2, -0.15) is 0 Å². The molecule has 5 heteroatoms. The Kier molecular flexibility index (Phi) is 3.49. The molecule has 5 nitrogen and oxygen atoms in total. The molecule has 17 heavy (non-hydrogen) atoms. The van der Waals surface area contributed by atoms with Crippen LogP contribution in [0.15, 0.2) is 18.2 Å². The SMILES string of the molecule is COC(=O)C1NCCOc2cc(OC)ccc21. The van der Waals surface area contributed by atoms with Crippen LogP contribution in [0.2, 0.25) is 0 Å². The van der Waals surface area contributed by atoms with Crippen LogP contribution >= 0.6 is 0 Å². The highest BCUT2D eigenvalue weighted by Gasteiger charge is 2.26. The minimum absolute atomic E-state index is 0.318. The van der Waals surface area contributed by atoms with Gasteiger partial charge in [-0.1, -0.05) is 0 Å². The van der Waals surface area contributed by atoms with Gasteiger partial charge in [-0.25, -0.2) is 4.79 Å². The van der Waals surface area contributed by atoms with Crippen LogP contribution in [0.25, 0.3) is 0 Å². The normalized spacial score (nSPS) is 18.6. The van der Waals surface area contributed by atoms with Crippen LogP contribution in [-0.4, -0.2) is 33.3 Å². The zero-order valence-corrected chi connectivity index (χ0v) is 9.86. The molecule has 92 valence electrons. The van der Waals surface area contributed by atoms with E-state index in [2.05, 4.69) is 5.32 Å². The van der Waals surface area contributed by atoms with Crippen LogP contribution in [0.1, 0.15) is 11.6 Å². The summed E-state index contributed by atoms with van der Waals surface area (Å²) in [6, 6.07) is 4.90. The second kappa shape index (κ2) is 5.05. The van der Waals surface area contributed by atoms with Gasteiger partial charge in [-0.15, -0.1) is 0 Å². The largest absolute Gasteiger partial charge is 0.497 e. The van der Waals surface area contributed by atoms with Crippen molar-refractivity contribution in [2.75, 3.05) is 27.4 Å². The summed E-state index contributed by atoms with van der Waals surface area (Å²) in [6.45, 7) is 1.10. The van der Waals surface area contributed by atoms with Crippen molar-refractivity contribution in [3.63, 3.8) is 0 Å². The molecule has 1 aliphatic heterocycles. The highest BCUT2D eigenvalue weighted by Crippen LogP contribution is 2.31. The molecule has 0 aliphatic carbocycles. The first-order chi connectivity index (χ1) is 8.26. The van der Waals surface area contributed by atoms with Crippen molar-refractivity contribution in [1.82, 2.24) is 5.32 Å². The molecule has 1 heterocycles. The molecule has 0 saturated heterocycles.